The molecule has 1 unspecified atom stereocenters. The molecule has 0 saturated carbocycles. The average Bonchev–Trinajstić information content (AvgIpc) is 3.00. The van der Waals surface area contributed by atoms with Crippen LogP contribution in [0.3, 0.4) is 0 Å². The lowest BCUT2D eigenvalue weighted by molar-refractivity contribution is -0.136. The van der Waals surface area contributed by atoms with Crippen molar-refractivity contribution in [2.75, 3.05) is 6.54 Å². The fourth-order valence-corrected chi connectivity index (χ4v) is 3.19. The van der Waals surface area contributed by atoms with Gasteiger partial charge in [-0.25, -0.2) is 0 Å². The van der Waals surface area contributed by atoms with E-state index in [1.165, 1.54) is 11.8 Å². The maximum atomic E-state index is 12.5. The summed E-state index contributed by atoms with van der Waals surface area (Å²) in [6.07, 6.45) is 1.02. The Bertz CT molecular complexity index is 715. The molecule has 5 nitrogen and oxygen atoms in total. The molecule has 3 rings (SSSR count). The molecule has 0 spiro atoms. The minimum absolute atomic E-state index is 0.106. The van der Waals surface area contributed by atoms with E-state index in [2.05, 4.69) is 0 Å². The van der Waals surface area contributed by atoms with Crippen LogP contribution in [0.4, 0.5) is 0 Å². The SMILES string of the molecule is CC1(c2cccc(Cl)c2Cl)OC(N2CCCC2=O)=C(O)C1=O. The van der Waals surface area contributed by atoms with Crippen LogP contribution in [0.2, 0.25) is 10.0 Å². The molecule has 2 aliphatic rings. The van der Waals surface area contributed by atoms with Crippen LogP contribution in [0.5, 0.6) is 0 Å². The number of nitrogens with zero attached hydrogens (tertiary/aromatic N) is 1. The van der Waals surface area contributed by atoms with Crippen LogP contribution < -0.4 is 0 Å². The molecule has 1 aromatic carbocycles. The fraction of sp³-hybridized carbons (Fsp3) is 0.333. The number of rotatable bonds is 2. The number of amides is 1. The van der Waals surface area contributed by atoms with Crippen LogP contribution in [0.1, 0.15) is 25.3 Å². The Labute approximate surface area is 137 Å². The smallest absolute Gasteiger partial charge is 0.250 e. The van der Waals surface area contributed by atoms with Gasteiger partial charge in [0.1, 0.15) is 0 Å². The molecular formula is C15H13Cl2NO4. The van der Waals surface area contributed by atoms with Gasteiger partial charge in [0.25, 0.3) is 5.78 Å². The quantitative estimate of drug-likeness (QED) is 0.897. The van der Waals surface area contributed by atoms with Crippen LogP contribution in [0, 0.1) is 0 Å². The number of aliphatic hydroxyl groups excluding tert-OH is 1. The summed E-state index contributed by atoms with van der Waals surface area (Å²) in [6.45, 7) is 1.90. The highest BCUT2D eigenvalue weighted by Gasteiger charge is 2.51. The minimum atomic E-state index is -1.51. The summed E-state index contributed by atoms with van der Waals surface area (Å²) in [7, 11) is 0. The van der Waals surface area contributed by atoms with Crippen LogP contribution >= 0.6 is 23.2 Å². The van der Waals surface area contributed by atoms with Crippen molar-refractivity contribution in [3.63, 3.8) is 0 Å². The molecule has 7 heteroatoms. The lowest BCUT2D eigenvalue weighted by Gasteiger charge is -2.27. The number of likely N-dealkylation sites (tertiary alicyclic amines) is 1. The third kappa shape index (κ3) is 2.08. The summed E-state index contributed by atoms with van der Waals surface area (Å²) in [5.74, 6) is -1.50. The number of hydrogen-bond acceptors (Lipinski definition) is 4. The van der Waals surface area contributed by atoms with E-state index in [1.54, 1.807) is 18.2 Å². The Balaban J connectivity index is 2.03. The average molecular weight is 342 g/mol. The van der Waals surface area contributed by atoms with Crippen molar-refractivity contribution in [3.8, 4) is 0 Å². The summed E-state index contributed by atoms with van der Waals surface area (Å²) >= 11 is 12.2. The molecule has 116 valence electrons. The number of Topliss-reactive ketones (excluding diaryl/α,β-unsaturated/α-hetero) is 1. The molecule has 1 amide bonds. The molecule has 0 radical (unpaired) electrons. The van der Waals surface area contributed by atoms with E-state index in [4.69, 9.17) is 27.9 Å². The molecule has 2 heterocycles. The summed E-state index contributed by atoms with van der Waals surface area (Å²) in [5, 5.41) is 10.6. The third-order valence-electron chi connectivity index (χ3n) is 3.94. The zero-order valence-corrected chi connectivity index (χ0v) is 13.2. The number of halogens is 2. The van der Waals surface area contributed by atoms with E-state index in [0.29, 0.717) is 24.9 Å². The second-order valence-electron chi connectivity index (χ2n) is 5.37. The van der Waals surface area contributed by atoms with Gasteiger partial charge in [-0.2, -0.15) is 0 Å². The predicted molar refractivity (Wildman–Crippen MR) is 80.5 cm³/mol. The Kier molecular flexibility index (Phi) is 3.57. The lowest BCUT2D eigenvalue weighted by atomic mass is 9.91. The third-order valence-corrected chi connectivity index (χ3v) is 4.75. The number of benzene rings is 1. The Hall–Kier alpha value is -1.72. The molecular weight excluding hydrogens is 329 g/mol. The van der Waals surface area contributed by atoms with Crippen molar-refractivity contribution >= 4 is 34.9 Å². The number of carbonyl (C=O) groups is 2. The lowest BCUT2D eigenvalue weighted by Crippen LogP contribution is -2.33. The number of aliphatic hydroxyl groups is 1. The molecule has 1 N–H and O–H groups in total. The van der Waals surface area contributed by atoms with Gasteiger partial charge < -0.3 is 9.84 Å². The summed E-state index contributed by atoms with van der Waals surface area (Å²) in [6, 6.07) is 4.84. The molecule has 2 aliphatic heterocycles. The number of hydrogen-bond donors (Lipinski definition) is 1. The zero-order valence-electron chi connectivity index (χ0n) is 11.7. The highest BCUT2D eigenvalue weighted by molar-refractivity contribution is 6.42. The van der Waals surface area contributed by atoms with Gasteiger partial charge in [0, 0.05) is 18.5 Å². The highest BCUT2D eigenvalue weighted by atomic mass is 35.5. The van der Waals surface area contributed by atoms with Crippen LogP contribution in [-0.2, 0) is 19.9 Å². The Morgan fingerprint density at radius 1 is 1.32 bits per heavy atom. The normalized spacial score (nSPS) is 25.1. The predicted octanol–water partition coefficient (Wildman–Crippen LogP) is 3.16. The van der Waals surface area contributed by atoms with E-state index in [0.717, 1.165) is 0 Å². The van der Waals surface area contributed by atoms with Gasteiger partial charge in [0.2, 0.25) is 23.2 Å². The topological polar surface area (TPSA) is 66.8 Å². The first kappa shape index (κ1) is 15.2. The number of carbonyl (C=O) groups excluding carboxylic acids is 2. The van der Waals surface area contributed by atoms with Gasteiger partial charge in [-0.15, -0.1) is 0 Å². The van der Waals surface area contributed by atoms with Crippen molar-refractivity contribution in [3.05, 3.63) is 45.5 Å². The van der Waals surface area contributed by atoms with Crippen molar-refractivity contribution < 1.29 is 19.4 Å². The Morgan fingerprint density at radius 2 is 2.05 bits per heavy atom. The summed E-state index contributed by atoms with van der Waals surface area (Å²) in [4.78, 5) is 25.6. The number of ether oxygens (including phenoxy) is 1. The van der Waals surface area contributed by atoms with Gasteiger partial charge in [0.15, 0.2) is 0 Å². The van der Waals surface area contributed by atoms with Gasteiger partial charge in [-0.3, -0.25) is 14.5 Å². The van der Waals surface area contributed by atoms with Gasteiger partial charge in [-0.05, 0) is 19.4 Å². The molecule has 0 aromatic heterocycles. The summed E-state index contributed by atoms with van der Waals surface area (Å²) in [5.41, 5.74) is -1.16. The molecule has 1 aromatic rings. The first-order valence-electron chi connectivity index (χ1n) is 6.78. The largest absolute Gasteiger partial charge is 0.501 e. The molecule has 1 atom stereocenters. The molecule has 0 bridgehead atoms. The first-order valence-corrected chi connectivity index (χ1v) is 7.54. The molecule has 22 heavy (non-hydrogen) atoms. The van der Waals surface area contributed by atoms with Gasteiger partial charge in [-0.1, -0.05) is 35.3 Å². The van der Waals surface area contributed by atoms with Crippen molar-refractivity contribution in [2.45, 2.75) is 25.4 Å². The molecule has 1 saturated heterocycles. The van der Waals surface area contributed by atoms with E-state index in [9.17, 15) is 14.7 Å². The molecule has 0 aliphatic carbocycles. The second-order valence-corrected chi connectivity index (χ2v) is 6.15. The standard InChI is InChI=1S/C15H13Cl2NO4/c1-15(8-4-2-5-9(16)11(8)17)13(21)12(20)14(22-15)18-7-3-6-10(18)19/h2,4-5,20H,3,6-7H2,1H3. The Morgan fingerprint density at radius 3 is 2.68 bits per heavy atom. The zero-order chi connectivity index (χ0) is 16.1. The van der Waals surface area contributed by atoms with E-state index in [1.807, 2.05) is 0 Å². The first-order chi connectivity index (χ1) is 10.4. The fourth-order valence-electron chi connectivity index (χ4n) is 2.71. The van der Waals surface area contributed by atoms with E-state index in [-0.39, 0.29) is 21.8 Å². The van der Waals surface area contributed by atoms with Crippen LogP contribution in [0.15, 0.2) is 29.8 Å². The van der Waals surface area contributed by atoms with Gasteiger partial charge in [0.05, 0.1) is 10.0 Å². The summed E-state index contributed by atoms with van der Waals surface area (Å²) < 4.78 is 5.69. The van der Waals surface area contributed by atoms with Crippen molar-refractivity contribution in [1.82, 2.24) is 4.90 Å². The second kappa shape index (κ2) is 5.18. The number of ketones is 1. The van der Waals surface area contributed by atoms with Crippen LogP contribution in [0.25, 0.3) is 0 Å². The maximum Gasteiger partial charge on any atom is 0.250 e. The minimum Gasteiger partial charge on any atom is -0.501 e. The van der Waals surface area contributed by atoms with E-state index < -0.39 is 17.1 Å². The van der Waals surface area contributed by atoms with Crippen LogP contribution in [-0.4, -0.2) is 28.2 Å². The van der Waals surface area contributed by atoms with Gasteiger partial charge >= 0.3 is 0 Å². The molecule has 1 fully saturated rings. The van der Waals surface area contributed by atoms with Crippen molar-refractivity contribution in [1.29, 1.82) is 0 Å². The van der Waals surface area contributed by atoms with Crippen molar-refractivity contribution in [2.24, 2.45) is 0 Å². The van der Waals surface area contributed by atoms with E-state index >= 15 is 0 Å². The maximum absolute atomic E-state index is 12.5. The highest BCUT2D eigenvalue weighted by Crippen LogP contribution is 2.44. The monoisotopic (exact) mass is 341 g/mol.